The molecule has 4 rings (SSSR count). The van der Waals surface area contributed by atoms with Gasteiger partial charge >= 0.3 is 7.75 Å². The number of ether oxygens (including phenoxy) is 1. The van der Waals surface area contributed by atoms with E-state index in [0.717, 1.165) is 29.4 Å². The van der Waals surface area contributed by atoms with Crippen molar-refractivity contribution in [3.05, 3.63) is 65.6 Å². The van der Waals surface area contributed by atoms with E-state index in [9.17, 15) is 8.96 Å². The minimum absolute atomic E-state index is 0.259. The Labute approximate surface area is 175 Å². The van der Waals surface area contributed by atoms with Gasteiger partial charge in [-0.15, -0.1) is 0 Å². The minimum atomic E-state index is -3.68. The Morgan fingerprint density at radius 3 is 2.83 bits per heavy atom. The van der Waals surface area contributed by atoms with Crippen LogP contribution in [0.4, 0.5) is 4.39 Å². The standard InChI is InChI=1S/C22H26FN2O4P/c1-24(2)11-9-17-15-25(21-14-19(27-3)7-8-20(17)21)30(26)28-12-10-22(29-30)16-5-4-6-18(23)13-16/h4-8,13-15,22H,9-12H2,1-3H3. The molecule has 0 aliphatic carbocycles. The molecule has 0 amide bonds. The number of halogens is 1. The van der Waals surface area contributed by atoms with E-state index in [2.05, 4.69) is 4.90 Å². The van der Waals surface area contributed by atoms with Gasteiger partial charge in [0.2, 0.25) is 0 Å². The molecule has 2 unspecified atom stereocenters. The first kappa shape index (κ1) is 21.1. The van der Waals surface area contributed by atoms with Crippen LogP contribution in [0, 0.1) is 5.82 Å². The lowest BCUT2D eigenvalue weighted by molar-refractivity contribution is 0.0769. The molecule has 1 aliphatic rings. The molecule has 1 saturated heterocycles. The molecule has 2 aromatic carbocycles. The quantitative estimate of drug-likeness (QED) is 0.512. The van der Waals surface area contributed by atoms with E-state index in [1.165, 1.54) is 12.1 Å². The molecule has 1 aromatic heterocycles. The Hall–Kier alpha value is -2.18. The predicted octanol–water partition coefficient (Wildman–Crippen LogP) is 5.03. The molecule has 2 heterocycles. The average molecular weight is 432 g/mol. The van der Waals surface area contributed by atoms with Crippen LogP contribution in [0.5, 0.6) is 5.75 Å². The predicted molar refractivity (Wildman–Crippen MR) is 115 cm³/mol. The van der Waals surface area contributed by atoms with Gasteiger partial charge in [-0.05, 0) is 55.9 Å². The Morgan fingerprint density at radius 2 is 2.10 bits per heavy atom. The summed E-state index contributed by atoms with van der Waals surface area (Å²) in [7, 11) is 1.94. The van der Waals surface area contributed by atoms with Crippen LogP contribution < -0.4 is 4.74 Å². The Balaban J connectivity index is 1.75. The van der Waals surface area contributed by atoms with Crippen molar-refractivity contribution in [2.24, 2.45) is 0 Å². The van der Waals surface area contributed by atoms with E-state index in [0.29, 0.717) is 17.7 Å². The summed E-state index contributed by atoms with van der Waals surface area (Å²) in [6.07, 6.45) is 2.63. The Kier molecular flexibility index (Phi) is 5.98. The van der Waals surface area contributed by atoms with Crippen molar-refractivity contribution >= 4 is 18.6 Å². The van der Waals surface area contributed by atoms with Gasteiger partial charge in [-0.3, -0.25) is 13.4 Å². The molecule has 0 spiro atoms. The largest absolute Gasteiger partial charge is 0.497 e. The van der Waals surface area contributed by atoms with Crippen molar-refractivity contribution < 1.29 is 22.7 Å². The third-order valence-electron chi connectivity index (χ3n) is 5.28. The van der Waals surface area contributed by atoms with E-state index in [1.54, 1.807) is 23.6 Å². The molecule has 160 valence electrons. The first-order chi connectivity index (χ1) is 14.4. The molecule has 8 heteroatoms. The maximum absolute atomic E-state index is 13.8. The van der Waals surface area contributed by atoms with Gasteiger partial charge in [0.1, 0.15) is 11.6 Å². The van der Waals surface area contributed by atoms with Crippen molar-refractivity contribution in [3.63, 3.8) is 0 Å². The Bertz CT molecular complexity index is 1100. The van der Waals surface area contributed by atoms with Crippen LogP contribution in [-0.2, 0) is 20.0 Å². The van der Waals surface area contributed by atoms with Crippen LogP contribution in [0.25, 0.3) is 10.9 Å². The topological polar surface area (TPSA) is 52.9 Å². The van der Waals surface area contributed by atoms with Crippen LogP contribution >= 0.6 is 7.75 Å². The monoisotopic (exact) mass is 432 g/mol. The van der Waals surface area contributed by atoms with Crippen LogP contribution in [0.15, 0.2) is 48.7 Å². The van der Waals surface area contributed by atoms with Gasteiger partial charge in [0.15, 0.2) is 0 Å². The van der Waals surface area contributed by atoms with E-state index in [-0.39, 0.29) is 12.4 Å². The van der Waals surface area contributed by atoms with Crippen LogP contribution in [0.1, 0.15) is 23.7 Å². The summed E-state index contributed by atoms with van der Waals surface area (Å²) in [6.45, 7) is 1.11. The summed E-state index contributed by atoms with van der Waals surface area (Å²) >= 11 is 0. The number of fused-ring (bicyclic) bond motifs is 1. The molecular weight excluding hydrogens is 406 g/mol. The maximum atomic E-state index is 13.8. The van der Waals surface area contributed by atoms with Gasteiger partial charge < -0.3 is 9.64 Å². The summed E-state index contributed by atoms with van der Waals surface area (Å²) in [5.41, 5.74) is 2.43. The van der Waals surface area contributed by atoms with E-state index in [4.69, 9.17) is 13.8 Å². The number of aromatic nitrogens is 1. The fourth-order valence-corrected chi connectivity index (χ4v) is 5.58. The first-order valence-corrected chi connectivity index (χ1v) is 11.4. The molecule has 6 nitrogen and oxygen atoms in total. The van der Waals surface area contributed by atoms with Gasteiger partial charge in [0.05, 0.1) is 25.3 Å². The Morgan fingerprint density at radius 1 is 1.27 bits per heavy atom. The third kappa shape index (κ3) is 4.16. The molecule has 30 heavy (non-hydrogen) atoms. The number of hydrogen-bond acceptors (Lipinski definition) is 5. The highest BCUT2D eigenvalue weighted by atomic mass is 31.2. The van der Waals surface area contributed by atoms with Gasteiger partial charge in [-0.1, -0.05) is 12.1 Å². The second kappa shape index (κ2) is 8.52. The fraction of sp³-hybridized carbons (Fsp3) is 0.364. The van der Waals surface area contributed by atoms with Gasteiger partial charge in [-0.2, -0.15) is 0 Å². The zero-order valence-corrected chi connectivity index (χ0v) is 18.3. The summed E-state index contributed by atoms with van der Waals surface area (Å²) in [5.74, 6) is 0.311. The molecule has 1 aliphatic heterocycles. The summed E-state index contributed by atoms with van der Waals surface area (Å²) < 4.78 is 46.2. The van der Waals surface area contributed by atoms with Crippen molar-refractivity contribution in [3.8, 4) is 5.75 Å². The van der Waals surface area contributed by atoms with Crippen molar-refractivity contribution in [2.45, 2.75) is 18.9 Å². The normalized spacial score (nSPS) is 22.0. The van der Waals surface area contributed by atoms with Gasteiger partial charge in [0, 0.05) is 30.6 Å². The van der Waals surface area contributed by atoms with Crippen LogP contribution in [0.2, 0.25) is 0 Å². The zero-order valence-electron chi connectivity index (χ0n) is 17.4. The molecule has 0 bridgehead atoms. The molecule has 2 atom stereocenters. The molecule has 1 fully saturated rings. The number of hydrogen-bond donors (Lipinski definition) is 0. The SMILES string of the molecule is COc1ccc2c(CCN(C)C)cn(P3(=O)OCCC(c4cccc(F)c4)O3)c2c1. The smallest absolute Gasteiger partial charge is 0.439 e. The number of benzene rings is 2. The van der Waals surface area contributed by atoms with E-state index < -0.39 is 13.9 Å². The first-order valence-electron chi connectivity index (χ1n) is 9.91. The summed E-state index contributed by atoms with van der Waals surface area (Å²) in [5, 5.41) is 0.980. The average Bonchev–Trinajstić information content (AvgIpc) is 3.11. The third-order valence-corrected chi connectivity index (χ3v) is 7.17. The van der Waals surface area contributed by atoms with Crippen molar-refractivity contribution in [1.29, 1.82) is 0 Å². The maximum Gasteiger partial charge on any atom is 0.439 e. The molecular formula is C22H26FN2O4P. The molecule has 3 aromatic rings. The van der Waals surface area contributed by atoms with Crippen LogP contribution in [-0.4, -0.2) is 43.6 Å². The number of likely N-dealkylation sites (N-methyl/N-ethyl adjacent to an activating group) is 1. The summed E-state index contributed by atoms with van der Waals surface area (Å²) in [6, 6.07) is 11.9. The fourth-order valence-electron chi connectivity index (χ4n) is 3.70. The summed E-state index contributed by atoms with van der Waals surface area (Å²) in [4.78, 5) is 2.10. The zero-order chi connectivity index (χ0) is 21.3. The van der Waals surface area contributed by atoms with E-state index in [1.807, 2.05) is 38.5 Å². The number of methoxy groups -OCH3 is 1. The molecule has 0 saturated carbocycles. The van der Waals surface area contributed by atoms with Gasteiger partial charge in [-0.25, -0.2) is 8.96 Å². The van der Waals surface area contributed by atoms with Crippen molar-refractivity contribution in [2.75, 3.05) is 34.4 Å². The molecule has 0 radical (unpaired) electrons. The lowest BCUT2D eigenvalue weighted by Crippen LogP contribution is -2.17. The second-order valence-electron chi connectivity index (χ2n) is 7.67. The highest BCUT2D eigenvalue weighted by Gasteiger charge is 2.38. The second-order valence-corrected chi connectivity index (χ2v) is 9.51. The minimum Gasteiger partial charge on any atom is -0.497 e. The van der Waals surface area contributed by atoms with Gasteiger partial charge in [0.25, 0.3) is 0 Å². The van der Waals surface area contributed by atoms with E-state index >= 15 is 0 Å². The number of nitrogens with zero attached hydrogens (tertiary/aromatic N) is 2. The lowest BCUT2D eigenvalue weighted by atomic mass is 10.1. The molecule has 0 N–H and O–H groups in total. The van der Waals surface area contributed by atoms with Crippen molar-refractivity contribution in [1.82, 2.24) is 9.24 Å². The lowest BCUT2D eigenvalue weighted by Gasteiger charge is -2.30. The van der Waals surface area contributed by atoms with Crippen LogP contribution in [0.3, 0.4) is 0 Å². The highest BCUT2D eigenvalue weighted by Crippen LogP contribution is 2.58. The highest BCUT2D eigenvalue weighted by molar-refractivity contribution is 7.52. The number of rotatable bonds is 6.